The summed E-state index contributed by atoms with van der Waals surface area (Å²) < 4.78 is 34.7. The van der Waals surface area contributed by atoms with Gasteiger partial charge in [0.25, 0.3) is 0 Å². The van der Waals surface area contributed by atoms with Crippen LogP contribution in [0.5, 0.6) is 0 Å². The highest BCUT2D eigenvalue weighted by molar-refractivity contribution is 5.65. The number of aliphatic hydroxyl groups is 1. The van der Waals surface area contributed by atoms with E-state index in [-0.39, 0.29) is 64.9 Å². The highest BCUT2D eigenvalue weighted by Crippen LogP contribution is 2.68. The lowest BCUT2D eigenvalue weighted by molar-refractivity contribution is -0.284. The first-order chi connectivity index (χ1) is 32.0. The van der Waals surface area contributed by atoms with E-state index in [1.165, 1.54) is 12.5 Å². The first kappa shape index (κ1) is 48.4. The van der Waals surface area contributed by atoms with Crippen molar-refractivity contribution in [1.29, 1.82) is 0 Å². The summed E-state index contributed by atoms with van der Waals surface area (Å²) in [6.07, 6.45) is 7.62. The minimum Gasteiger partial charge on any atom is -0.466 e. The summed E-state index contributed by atoms with van der Waals surface area (Å²) in [4.78, 5) is 11.6. The van der Waals surface area contributed by atoms with Gasteiger partial charge in [-0.05, 0) is 108 Å². The molecule has 0 radical (unpaired) electrons. The maximum atomic E-state index is 12.1. The van der Waals surface area contributed by atoms with Gasteiger partial charge in [-0.25, -0.2) is 0 Å². The van der Waals surface area contributed by atoms with Gasteiger partial charge in [0.1, 0.15) is 0 Å². The summed E-state index contributed by atoms with van der Waals surface area (Å²) >= 11 is 0. The summed E-state index contributed by atoms with van der Waals surface area (Å²) in [5, 5.41) is 12.1. The number of rotatable bonds is 20. The molecule has 0 saturated heterocycles. The Balaban J connectivity index is 1.16. The van der Waals surface area contributed by atoms with E-state index < -0.39 is 6.10 Å². The van der Waals surface area contributed by atoms with Gasteiger partial charge in [-0.15, -0.1) is 0 Å². The van der Waals surface area contributed by atoms with Gasteiger partial charge in [-0.2, -0.15) is 0 Å². The lowest BCUT2D eigenvalue weighted by Crippen LogP contribution is -2.69. The van der Waals surface area contributed by atoms with E-state index in [4.69, 9.17) is 23.7 Å². The highest BCUT2D eigenvalue weighted by Gasteiger charge is 2.67. The number of ether oxygens (including phenoxy) is 5. The molecule has 3 saturated carbocycles. The zero-order valence-electron chi connectivity index (χ0n) is 40.4. The number of carbonyl (C=O) groups is 1. The van der Waals surface area contributed by atoms with Crippen molar-refractivity contribution in [2.45, 2.75) is 143 Å². The molecule has 3 fully saturated rings. The van der Waals surface area contributed by atoms with Crippen LogP contribution in [0.3, 0.4) is 0 Å². The standard InChI is InChI=1S/C59H76O7/c1-40(2)47(31-34-62-42(4)60)35-51(61)41(3)48-27-28-49-53-50(29-32-58(48,49)5)59(6)33-30-52(63-36-43-19-11-7-12-20-43)55(64-37-44-21-13-8-14-22-44)54(59)57(66-39-46-25-17-10-18-26-46)56(53)65-38-45-23-15-9-16-24-45/h7-27,40-41,47,49-57,61H,28-39H2,1-6H3/t41?,47?,49?,50?,51?,52-,53?,54?,55+,56-,57-,58-,59-/m1/s1. The Morgan fingerprint density at radius 3 is 1.67 bits per heavy atom. The van der Waals surface area contributed by atoms with Crippen LogP contribution in [0, 0.1) is 52.3 Å². The molecule has 7 unspecified atom stereocenters. The average Bonchev–Trinajstić information content (AvgIpc) is 3.69. The summed E-state index contributed by atoms with van der Waals surface area (Å²) in [6, 6.07) is 42.3. The Labute approximate surface area is 395 Å². The van der Waals surface area contributed by atoms with Crippen LogP contribution < -0.4 is 0 Å². The summed E-state index contributed by atoms with van der Waals surface area (Å²) in [6.45, 7) is 15.6. The molecule has 8 rings (SSSR count). The zero-order valence-corrected chi connectivity index (χ0v) is 40.4. The van der Waals surface area contributed by atoms with Gasteiger partial charge in [-0.3, -0.25) is 4.79 Å². The Kier molecular flexibility index (Phi) is 16.0. The largest absolute Gasteiger partial charge is 0.466 e. The van der Waals surface area contributed by atoms with Gasteiger partial charge in [0.2, 0.25) is 0 Å². The second-order valence-electron chi connectivity index (χ2n) is 21.1. The number of hydrogen-bond acceptors (Lipinski definition) is 7. The Morgan fingerprint density at radius 2 is 1.15 bits per heavy atom. The second-order valence-corrected chi connectivity index (χ2v) is 21.1. The molecule has 0 aromatic heterocycles. The topological polar surface area (TPSA) is 83.5 Å². The number of hydrogen-bond donors (Lipinski definition) is 1. The summed E-state index contributed by atoms with van der Waals surface area (Å²) in [5.74, 6) is 1.28. The predicted octanol–water partition coefficient (Wildman–Crippen LogP) is 12.3. The van der Waals surface area contributed by atoms with Crippen LogP contribution in [-0.2, 0) is 54.9 Å². The average molecular weight is 897 g/mol. The van der Waals surface area contributed by atoms with Gasteiger partial charge in [-0.1, -0.05) is 168 Å². The number of aliphatic hydroxyl groups excluding tert-OH is 1. The molecule has 0 spiro atoms. The number of fused-ring (bicyclic) bond motifs is 5. The predicted molar refractivity (Wildman–Crippen MR) is 261 cm³/mol. The Hall–Kier alpha value is -4.11. The molecule has 7 nitrogen and oxygen atoms in total. The van der Waals surface area contributed by atoms with E-state index >= 15 is 0 Å². The quantitative estimate of drug-likeness (QED) is 0.0699. The molecule has 66 heavy (non-hydrogen) atoms. The maximum Gasteiger partial charge on any atom is 0.302 e. The smallest absolute Gasteiger partial charge is 0.302 e. The molecule has 4 aromatic carbocycles. The van der Waals surface area contributed by atoms with E-state index in [9.17, 15) is 9.90 Å². The van der Waals surface area contributed by atoms with Crippen molar-refractivity contribution in [2.75, 3.05) is 6.61 Å². The molecule has 1 N–H and O–H groups in total. The molecule has 0 heterocycles. The SMILES string of the molecule is CC(=O)OCCC(CC(O)C(C)C1=CCC2C3C(CC[C@]12C)[C@@]1(C)CC[C@@H](OCc2ccccc2)[C@H](OCc2ccccc2)C1[C@@H](OCc1ccccc1)[C@@H]3OCc1ccccc1)C(C)C. The van der Waals surface area contributed by atoms with Gasteiger partial charge >= 0.3 is 5.97 Å². The molecule has 0 bridgehead atoms. The second kappa shape index (κ2) is 21.9. The van der Waals surface area contributed by atoms with Crippen LogP contribution in [0.4, 0.5) is 0 Å². The molecule has 7 heteroatoms. The molecule has 4 aromatic rings. The third-order valence-electron chi connectivity index (χ3n) is 16.8. The molecule has 4 aliphatic rings. The third-order valence-corrected chi connectivity index (χ3v) is 16.8. The number of allylic oxidation sites excluding steroid dienone is 1. The molecule has 354 valence electrons. The third kappa shape index (κ3) is 10.8. The van der Waals surface area contributed by atoms with Crippen molar-refractivity contribution >= 4 is 5.97 Å². The Morgan fingerprint density at radius 1 is 0.652 bits per heavy atom. The van der Waals surface area contributed by atoms with E-state index in [0.717, 1.165) is 60.8 Å². The van der Waals surface area contributed by atoms with E-state index in [0.29, 0.717) is 57.2 Å². The fraction of sp³-hybridized carbons (Fsp3) is 0.542. The van der Waals surface area contributed by atoms with Gasteiger partial charge in [0.05, 0.1) is 63.6 Å². The van der Waals surface area contributed by atoms with Crippen LogP contribution in [0.15, 0.2) is 133 Å². The fourth-order valence-corrected chi connectivity index (χ4v) is 13.2. The minimum atomic E-state index is -0.497. The zero-order chi connectivity index (χ0) is 46.3. The molecule has 0 aliphatic heterocycles. The van der Waals surface area contributed by atoms with E-state index in [2.05, 4.69) is 162 Å². The summed E-state index contributed by atoms with van der Waals surface area (Å²) in [5.41, 5.74) is 5.79. The molecule has 0 amide bonds. The van der Waals surface area contributed by atoms with Crippen molar-refractivity contribution in [1.82, 2.24) is 0 Å². The van der Waals surface area contributed by atoms with Crippen LogP contribution in [-0.4, -0.2) is 48.2 Å². The van der Waals surface area contributed by atoms with Gasteiger partial charge in [0, 0.05) is 18.8 Å². The molecular formula is C59H76O7. The van der Waals surface area contributed by atoms with Crippen LogP contribution >= 0.6 is 0 Å². The van der Waals surface area contributed by atoms with Crippen molar-refractivity contribution < 1.29 is 33.6 Å². The minimum absolute atomic E-state index is 0.000218. The van der Waals surface area contributed by atoms with Crippen LogP contribution in [0.1, 0.15) is 109 Å². The lowest BCUT2D eigenvalue weighted by Gasteiger charge is -2.66. The lowest BCUT2D eigenvalue weighted by atomic mass is 9.42. The van der Waals surface area contributed by atoms with Crippen molar-refractivity contribution in [3.05, 3.63) is 155 Å². The molecular weight excluding hydrogens is 821 g/mol. The summed E-state index contributed by atoms with van der Waals surface area (Å²) in [7, 11) is 0. The highest BCUT2D eigenvalue weighted by atomic mass is 16.6. The van der Waals surface area contributed by atoms with Crippen molar-refractivity contribution in [3.8, 4) is 0 Å². The molecule has 4 aliphatic carbocycles. The van der Waals surface area contributed by atoms with Gasteiger partial charge in [0.15, 0.2) is 0 Å². The van der Waals surface area contributed by atoms with Gasteiger partial charge < -0.3 is 28.8 Å². The van der Waals surface area contributed by atoms with Crippen LogP contribution in [0.25, 0.3) is 0 Å². The monoisotopic (exact) mass is 897 g/mol. The number of carbonyl (C=O) groups excluding carboxylic acids is 1. The Bertz CT molecular complexity index is 2140. The normalized spacial score (nSPS) is 30.6. The molecule has 13 atom stereocenters. The maximum absolute atomic E-state index is 12.1. The van der Waals surface area contributed by atoms with Crippen molar-refractivity contribution in [2.24, 2.45) is 52.3 Å². The van der Waals surface area contributed by atoms with Crippen LogP contribution in [0.2, 0.25) is 0 Å². The number of esters is 1. The first-order valence-corrected chi connectivity index (χ1v) is 25.1. The first-order valence-electron chi connectivity index (χ1n) is 25.1. The van der Waals surface area contributed by atoms with E-state index in [1.54, 1.807) is 0 Å². The fourth-order valence-electron chi connectivity index (χ4n) is 13.2. The number of benzene rings is 4. The van der Waals surface area contributed by atoms with Crippen molar-refractivity contribution in [3.63, 3.8) is 0 Å². The van der Waals surface area contributed by atoms with E-state index in [1.807, 2.05) is 0 Å².